The quantitative estimate of drug-likeness (QED) is 0.505. The lowest BCUT2D eigenvalue weighted by Gasteiger charge is -2.05. The maximum Gasteiger partial charge on any atom is 0.355 e. The number of hydrogen-bond acceptors (Lipinski definition) is 6. The van der Waals surface area contributed by atoms with Gasteiger partial charge in [-0.15, -0.1) is 11.3 Å². The first-order chi connectivity index (χ1) is 12.9. The Bertz CT molecular complexity index is 1000. The molecule has 0 fully saturated rings. The summed E-state index contributed by atoms with van der Waals surface area (Å²) in [6.07, 6.45) is 0. The molecule has 0 saturated heterocycles. The van der Waals surface area contributed by atoms with E-state index in [0.29, 0.717) is 28.2 Å². The number of aromatic amines is 1. The van der Waals surface area contributed by atoms with Crippen molar-refractivity contribution in [1.29, 1.82) is 0 Å². The number of nitrogens with zero attached hydrogens (tertiary/aromatic N) is 1. The van der Waals surface area contributed by atoms with Crippen LogP contribution in [0.25, 0.3) is 10.6 Å². The third kappa shape index (κ3) is 3.78. The Morgan fingerprint density at radius 2 is 1.96 bits per heavy atom. The maximum atomic E-state index is 12.4. The Balaban J connectivity index is 1.73. The Morgan fingerprint density at radius 3 is 2.63 bits per heavy atom. The predicted octanol–water partition coefficient (Wildman–Crippen LogP) is 4.32. The van der Waals surface area contributed by atoms with Crippen molar-refractivity contribution in [2.24, 2.45) is 0 Å². The van der Waals surface area contributed by atoms with Crippen LogP contribution in [0.15, 0.2) is 29.6 Å². The van der Waals surface area contributed by atoms with Gasteiger partial charge in [0.05, 0.1) is 18.4 Å². The zero-order valence-electron chi connectivity index (χ0n) is 15.6. The minimum atomic E-state index is -0.505. The molecule has 0 amide bonds. The fourth-order valence-corrected chi connectivity index (χ4v) is 3.85. The molecule has 3 aromatic rings. The molecule has 1 N–H and O–H groups in total. The van der Waals surface area contributed by atoms with E-state index < -0.39 is 5.97 Å². The number of methoxy groups -OCH3 is 1. The molecule has 2 heterocycles. The lowest BCUT2D eigenvalue weighted by Crippen LogP contribution is -2.08. The fourth-order valence-electron chi connectivity index (χ4n) is 3.01. The number of nitrogens with one attached hydrogen (secondary N) is 1. The molecule has 7 heteroatoms. The number of benzene rings is 1. The average Bonchev–Trinajstić information content (AvgIpc) is 3.23. The summed E-state index contributed by atoms with van der Waals surface area (Å²) in [4.78, 5) is 31.6. The smallest absolute Gasteiger partial charge is 0.355 e. The van der Waals surface area contributed by atoms with Gasteiger partial charge in [0.2, 0.25) is 0 Å². The fraction of sp³-hybridized carbons (Fsp3) is 0.250. The zero-order chi connectivity index (χ0) is 19.6. The monoisotopic (exact) mass is 384 g/mol. The van der Waals surface area contributed by atoms with Crippen LogP contribution in [0.3, 0.4) is 0 Å². The van der Waals surface area contributed by atoms with Gasteiger partial charge in [0.1, 0.15) is 23.1 Å². The summed E-state index contributed by atoms with van der Waals surface area (Å²) >= 11 is 1.46. The van der Waals surface area contributed by atoms with E-state index in [0.717, 1.165) is 16.3 Å². The van der Waals surface area contributed by atoms with Crippen molar-refractivity contribution in [3.05, 3.63) is 57.9 Å². The molecular formula is C20H20N2O4S. The van der Waals surface area contributed by atoms with Crippen molar-refractivity contribution < 1.29 is 19.1 Å². The van der Waals surface area contributed by atoms with E-state index in [1.165, 1.54) is 18.3 Å². The number of aryl methyl sites for hydroxylation is 1. The number of aromatic nitrogens is 2. The van der Waals surface area contributed by atoms with Crippen LogP contribution in [0.4, 0.5) is 0 Å². The highest BCUT2D eigenvalue weighted by Gasteiger charge is 2.21. The molecule has 0 atom stereocenters. The Hall–Kier alpha value is -2.93. The molecule has 140 valence electrons. The molecule has 0 spiro atoms. The van der Waals surface area contributed by atoms with E-state index in [1.54, 1.807) is 21.0 Å². The Morgan fingerprint density at radius 1 is 1.22 bits per heavy atom. The van der Waals surface area contributed by atoms with E-state index in [9.17, 15) is 9.59 Å². The number of esters is 1. The van der Waals surface area contributed by atoms with Gasteiger partial charge in [0, 0.05) is 16.6 Å². The van der Waals surface area contributed by atoms with Gasteiger partial charge >= 0.3 is 5.97 Å². The second kappa shape index (κ2) is 7.75. The summed E-state index contributed by atoms with van der Waals surface area (Å²) in [7, 11) is 1.62. The van der Waals surface area contributed by atoms with Gasteiger partial charge in [-0.2, -0.15) is 0 Å². The normalized spacial score (nSPS) is 10.7. The summed E-state index contributed by atoms with van der Waals surface area (Å²) in [5.41, 5.74) is 3.66. The summed E-state index contributed by atoms with van der Waals surface area (Å²) in [5.74, 6) is 0.154. The highest BCUT2D eigenvalue weighted by molar-refractivity contribution is 7.13. The van der Waals surface area contributed by atoms with E-state index in [1.807, 2.05) is 29.6 Å². The average molecular weight is 384 g/mol. The number of H-pyrrole nitrogens is 1. The number of carbonyl (C=O) groups excluding carboxylic acids is 2. The van der Waals surface area contributed by atoms with Gasteiger partial charge in [-0.1, -0.05) is 12.1 Å². The van der Waals surface area contributed by atoms with E-state index in [4.69, 9.17) is 9.47 Å². The third-order valence-corrected chi connectivity index (χ3v) is 5.16. The van der Waals surface area contributed by atoms with Crippen molar-refractivity contribution in [2.75, 3.05) is 7.11 Å². The SMILES string of the molecule is COc1ccccc1-c1nc(COC(=O)c2[nH]c(C)c(C(C)=O)c2C)cs1. The lowest BCUT2D eigenvalue weighted by molar-refractivity contribution is 0.0461. The van der Waals surface area contributed by atoms with Crippen LogP contribution in [-0.2, 0) is 11.3 Å². The molecular weight excluding hydrogens is 364 g/mol. The van der Waals surface area contributed by atoms with Crippen LogP contribution < -0.4 is 4.74 Å². The second-order valence-corrected chi connectivity index (χ2v) is 6.96. The number of thiazole rings is 1. The summed E-state index contributed by atoms with van der Waals surface area (Å²) in [5, 5.41) is 2.65. The third-order valence-electron chi connectivity index (χ3n) is 4.23. The van der Waals surface area contributed by atoms with E-state index >= 15 is 0 Å². The highest BCUT2D eigenvalue weighted by atomic mass is 32.1. The summed E-state index contributed by atoms with van der Waals surface area (Å²) < 4.78 is 10.7. The molecule has 3 rings (SSSR count). The molecule has 0 radical (unpaired) electrons. The number of ketones is 1. The number of rotatable bonds is 6. The molecule has 2 aromatic heterocycles. The van der Waals surface area contributed by atoms with Gasteiger partial charge in [0.25, 0.3) is 0 Å². The van der Waals surface area contributed by atoms with Crippen molar-refractivity contribution in [2.45, 2.75) is 27.4 Å². The van der Waals surface area contributed by atoms with Crippen LogP contribution in [0, 0.1) is 13.8 Å². The van der Waals surface area contributed by atoms with Crippen molar-refractivity contribution in [3.8, 4) is 16.3 Å². The topological polar surface area (TPSA) is 81.3 Å². The standard InChI is InChI=1S/C20H20N2O4S/c1-11-17(13(3)23)12(2)21-18(11)20(24)26-9-14-10-27-19(22-14)15-7-5-6-8-16(15)25-4/h5-8,10,21H,9H2,1-4H3. The van der Waals surface area contributed by atoms with Crippen LogP contribution >= 0.6 is 11.3 Å². The molecule has 0 unspecified atom stereocenters. The molecule has 27 heavy (non-hydrogen) atoms. The molecule has 6 nitrogen and oxygen atoms in total. The lowest BCUT2D eigenvalue weighted by atomic mass is 10.1. The number of ether oxygens (including phenoxy) is 2. The molecule has 0 saturated carbocycles. The maximum absolute atomic E-state index is 12.4. The molecule has 0 bridgehead atoms. The first-order valence-electron chi connectivity index (χ1n) is 8.37. The summed E-state index contributed by atoms with van der Waals surface area (Å²) in [6.45, 7) is 5.03. The van der Waals surface area contributed by atoms with Gasteiger partial charge in [-0.3, -0.25) is 4.79 Å². The van der Waals surface area contributed by atoms with E-state index in [-0.39, 0.29) is 12.4 Å². The number of para-hydroxylation sites is 1. The second-order valence-electron chi connectivity index (χ2n) is 6.10. The van der Waals surface area contributed by atoms with Gasteiger partial charge < -0.3 is 14.5 Å². The Kier molecular flexibility index (Phi) is 5.41. The van der Waals surface area contributed by atoms with Gasteiger partial charge in [-0.25, -0.2) is 9.78 Å². The minimum absolute atomic E-state index is 0.0530. The van der Waals surface area contributed by atoms with E-state index in [2.05, 4.69) is 9.97 Å². The molecule has 0 aliphatic carbocycles. The number of carbonyl (C=O) groups is 2. The van der Waals surface area contributed by atoms with Crippen LogP contribution in [0.2, 0.25) is 0 Å². The van der Waals surface area contributed by atoms with Crippen molar-refractivity contribution in [1.82, 2.24) is 9.97 Å². The predicted molar refractivity (Wildman–Crippen MR) is 103 cm³/mol. The molecule has 0 aliphatic rings. The van der Waals surface area contributed by atoms with Gasteiger partial charge in [-0.05, 0) is 38.5 Å². The minimum Gasteiger partial charge on any atom is -0.496 e. The van der Waals surface area contributed by atoms with Crippen molar-refractivity contribution in [3.63, 3.8) is 0 Å². The summed E-state index contributed by atoms with van der Waals surface area (Å²) in [6, 6.07) is 7.62. The van der Waals surface area contributed by atoms with Crippen molar-refractivity contribution >= 4 is 23.1 Å². The van der Waals surface area contributed by atoms with Gasteiger partial charge in [0.15, 0.2) is 5.78 Å². The Labute approximate surface area is 161 Å². The van der Waals surface area contributed by atoms with Crippen LogP contribution in [0.5, 0.6) is 5.75 Å². The van der Waals surface area contributed by atoms with Crippen LogP contribution in [0.1, 0.15) is 44.7 Å². The highest BCUT2D eigenvalue weighted by Crippen LogP contribution is 2.32. The largest absolute Gasteiger partial charge is 0.496 e. The first kappa shape index (κ1) is 18.8. The number of hydrogen-bond donors (Lipinski definition) is 1. The molecule has 0 aliphatic heterocycles. The molecule has 1 aromatic carbocycles. The first-order valence-corrected chi connectivity index (χ1v) is 9.25. The number of Topliss-reactive ketones (excluding diaryl/α,β-unsaturated/α-hetero) is 1. The zero-order valence-corrected chi connectivity index (χ0v) is 16.4. The van der Waals surface area contributed by atoms with Crippen LogP contribution in [-0.4, -0.2) is 28.8 Å².